The molecule has 0 aliphatic rings. The van der Waals surface area contributed by atoms with Gasteiger partial charge in [-0.1, -0.05) is 24.3 Å². The second kappa shape index (κ2) is 7.44. The van der Waals surface area contributed by atoms with Crippen molar-refractivity contribution in [3.05, 3.63) is 59.7 Å². The van der Waals surface area contributed by atoms with E-state index in [1.54, 1.807) is 13.2 Å². The van der Waals surface area contributed by atoms with E-state index >= 15 is 0 Å². The number of hydrogen-bond acceptors (Lipinski definition) is 6. The largest absolute Gasteiger partial charge is 0.494 e. The lowest BCUT2D eigenvalue weighted by Gasteiger charge is -2.14. The number of nitrogens with one attached hydrogen (secondary N) is 1. The number of hydrogen-bond donors (Lipinski definition) is 2. The van der Waals surface area contributed by atoms with Crippen LogP contribution in [0, 0.1) is 13.8 Å². The molecular formula is C19H20N4OS. The second-order valence-electron chi connectivity index (χ2n) is 5.62. The maximum atomic E-state index is 5.71. The van der Waals surface area contributed by atoms with Crippen LogP contribution in [0.3, 0.4) is 0 Å². The molecule has 2 aromatic heterocycles. The third-order valence-electron chi connectivity index (χ3n) is 3.80. The van der Waals surface area contributed by atoms with Gasteiger partial charge < -0.3 is 15.2 Å². The third-order valence-corrected chi connectivity index (χ3v) is 4.55. The Balaban J connectivity index is 1.93. The molecule has 0 bridgehead atoms. The number of ether oxygens (including phenoxy) is 1. The highest BCUT2D eigenvalue weighted by Crippen LogP contribution is 2.34. The van der Waals surface area contributed by atoms with E-state index in [0.717, 1.165) is 39.0 Å². The quantitative estimate of drug-likeness (QED) is 0.660. The van der Waals surface area contributed by atoms with Crippen LogP contribution in [-0.4, -0.2) is 17.1 Å². The fourth-order valence-electron chi connectivity index (χ4n) is 2.63. The fraction of sp³-hybridized carbons (Fsp3) is 0.158. The standard InChI is InChI=1S/C19H20N4OS/c1-12-6-4-7-13(2)18(12)19-14(24-3)10-11-16(22-19)23-25-17-9-5-8-15(20)21-17/h4-11H,1-3H3,(H2,20,21)(H,22,23). The topological polar surface area (TPSA) is 73.1 Å². The van der Waals surface area contributed by atoms with Crippen molar-refractivity contribution in [1.29, 1.82) is 0 Å². The Bertz CT molecular complexity index is 878. The van der Waals surface area contributed by atoms with Crippen molar-refractivity contribution in [2.75, 3.05) is 17.6 Å². The maximum absolute atomic E-state index is 5.71. The average Bonchev–Trinajstić information content (AvgIpc) is 2.60. The Labute approximate surface area is 151 Å². The summed E-state index contributed by atoms with van der Waals surface area (Å²) in [6, 6.07) is 15.5. The Morgan fingerprint density at radius 1 is 0.960 bits per heavy atom. The first-order chi connectivity index (χ1) is 12.1. The molecule has 0 atom stereocenters. The van der Waals surface area contributed by atoms with E-state index in [4.69, 9.17) is 15.5 Å². The first-order valence-electron chi connectivity index (χ1n) is 7.85. The molecule has 1 aromatic carbocycles. The number of aryl methyl sites for hydroxylation is 2. The van der Waals surface area contributed by atoms with Gasteiger partial charge in [-0.25, -0.2) is 9.97 Å². The van der Waals surface area contributed by atoms with Crippen LogP contribution in [0.4, 0.5) is 11.6 Å². The van der Waals surface area contributed by atoms with Gasteiger partial charge in [-0.15, -0.1) is 0 Å². The minimum absolute atomic E-state index is 0.491. The van der Waals surface area contributed by atoms with Crippen molar-refractivity contribution < 1.29 is 4.74 Å². The van der Waals surface area contributed by atoms with Gasteiger partial charge in [0.15, 0.2) is 0 Å². The number of benzene rings is 1. The minimum Gasteiger partial charge on any atom is -0.494 e. The molecule has 0 spiro atoms. The summed E-state index contributed by atoms with van der Waals surface area (Å²) in [5, 5.41) is 0.784. The summed E-state index contributed by atoms with van der Waals surface area (Å²) in [5.74, 6) is 1.97. The van der Waals surface area contributed by atoms with Crippen molar-refractivity contribution in [2.45, 2.75) is 18.9 Å². The van der Waals surface area contributed by atoms with E-state index in [2.05, 4.69) is 35.7 Å². The van der Waals surface area contributed by atoms with Gasteiger partial charge in [0, 0.05) is 17.5 Å². The highest BCUT2D eigenvalue weighted by atomic mass is 32.2. The lowest BCUT2D eigenvalue weighted by atomic mass is 9.99. The number of methoxy groups -OCH3 is 1. The molecule has 5 nitrogen and oxygen atoms in total. The van der Waals surface area contributed by atoms with Gasteiger partial charge in [0.25, 0.3) is 0 Å². The van der Waals surface area contributed by atoms with Gasteiger partial charge in [-0.2, -0.15) is 0 Å². The monoisotopic (exact) mass is 352 g/mol. The van der Waals surface area contributed by atoms with Crippen LogP contribution >= 0.6 is 11.9 Å². The average molecular weight is 352 g/mol. The summed E-state index contributed by atoms with van der Waals surface area (Å²) < 4.78 is 8.74. The van der Waals surface area contributed by atoms with Crippen LogP contribution in [0.1, 0.15) is 11.1 Å². The van der Waals surface area contributed by atoms with Gasteiger partial charge >= 0.3 is 0 Å². The Hall–Kier alpha value is -2.73. The molecule has 0 unspecified atom stereocenters. The van der Waals surface area contributed by atoms with E-state index in [1.807, 2.05) is 30.3 Å². The second-order valence-corrected chi connectivity index (χ2v) is 6.45. The van der Waals surface area contributed by atoms with Crippen LogP contribution in [-0.2, 0) is 0 Å². The normalized spacial score (nSPS) is 10.5. The first-order valence-corrected chi connectivity index (χ1v) is 8.67. The van der Waals surface area contributed by atoms with Crippen LogP contribution in [0.25, 0.3) is 11.3 Å². The van der Waals surface area contributed by atoms with E-state index in [0.29, 0.717) is 5.82 Å². The summed E-state index contributed by atoms with van der Waals surface area (Å²) >= 11 is 1.37. The predicted molar refractivity (Wildman–Crippen MR) is 104 cm³/mol. The molecule has 0 saturated heterocycles. The molecule has 3 rings (SSSR count). The lowest BCUT2D eigenvalue weighted by Crippen LogP contribution is -1.99. The van der Waals surface area contributed by atoms with Crippen LogP contribution < -0.4 is 15.2 Å². The third kappa shape index (κ3) is 3.85. The zero-order valence-electron chi connectivity index (χ0n) is 14.4. The van der Waals surface area contributed by atoms with E-state index in [1.165, 1.54) is 11.9 Å². The minimum atomic E-state index is 0.491. The predicted octanol–water partition coefficient (Wildman–Crippen LogP) is 4.47. The molecule has 6 heteroatoms. The first kappa shape index (κ1) is 17.1. The summed E-state index contributed by atoms with van der Waals surface area (Å²) in [5.41, 5.74) is 9.95. The van der Waals surface area contributed by atoms with Crippen molar-refractivity contribution >= 4 is 23.6 Å². The van der Waals surface area contributed by atoms with Crippen molar-refractivity contribution in [3.63, 3.8) is 0 Å². The van der Waals surface area contributed by atoms with Gasteiger partial charge in [0.2, 0.25) is 0 Å². The number of rotatable bonds is 5. The molecule has 3 N–H and O–H groups in total. The Morgan fingerprint density at radius 2 is 1.68 bits per heavy atom. The van der Waals surface area contributed by atoms with Crippen LogP contribution in [0.5, 0.6) is 5.75 Å². The molecule has 0 saturated carbocycles. The molecule has 0 aliphatic carbocycles. The summed E-state index contributed by atoms with van der Waals surface area (Å²) in [6.07, 6.45) is 0. The molecule has 0 radical (unpaired) electrons. The number of nitrogen functional groups attached to an aromatic ring is 1. The SMILES string of the molecule is COc1ccc(NSc2cccc(N)n2)nc1-c1c(C)cccc1C. The van der Waals surface area contributed by atoms with Crippen LogP contribution in [0.15, 0.2) is 53.6 Å². The van der Waals surface area contributed by atoms with Gasteiger partial charge in [-0.05, 0) is 49.2 Å². The molecule has 0 amide bonds. The number of anilines is 2. The van der Waals surface area contributed by atoms with E-state index in [-0.39, 0.29) is 0 Å². The molecule has 25 heavy (non-hydrogen) atoms. The fourth-order valence-corrected chi connectivity index (χ4v) is 3.25. The molecule has 2 heterocycles. The maximum Gasteiger partial charge on any atom is 0.145 e. The van der Waals surface area contributed by atoms with Gasteiger partial charge in [-0.3, -0.25) is 0 Å². The molecule has 128 valence electrons. The molecule has 0 aliphatic heterocycles. The molecular weight excluding hydrogens is 332 g/mol. The highest BCUT2D eigenvalue weighted by Gasteiger charge is 2.14. The number of pyridine rings is 2. The summed E-state index contributed by atoms with van der Waals surface area (Å²) in [7, 11) is 1.66. The van der Waals surface area contributed by atoms with Crippen LogP contribution in [0.2, 0.25) is 0 Å². The number of nitrogens with two attached hydrogens (primary N) is 1. The van der Waals surface area contributed by atoms with Gasteiger partial charge in [0.1, 0.15) is 28.1 Å². The van der Waals surface area contributed by atoms with E-state index < -0.39 is 0 Å². The lowest BCUT2D eigenvalue weighted by molar-refractivity contribution is 0.415. The Morgan fingerprint density at radius 3 is 2.36 bits per heavy atom. The smallest absolute Gasteiger partial charge is 0.145 e. The number of nitrogens with zero attached hydrogens (tertiary/aromatic N) is 2. The van der Waals surface area contributed by atoms with Crippen molar-refractivity contribution in [1.82, 2.24) is 9.97 Å². The number of aromatic nitrogens is 2. The molecule has 3 aromatic rings. The van der Waals surface area contributed by atoms with Crippen molar-refractivity contribution in [2.24, 2.45) is 0 Å². The highest BCUT2D eigenvalue weighted by molar-refractivity contribution is 8.00. The zero-order valence-corrected chi connectivity index (χ0v) is 15.2. The molecule has 0 fully saturated rings. The zero-order chi connectivity index (χ0) is 17.8. The van der Waals surface area contributed by atoms with Crippen molar-refractivity contribution in [3.8, 4) is 17.0 Å². The summed E-state index contributed by atoms with van der Waals surface area (Å²) in [6.45, 7) is 4.16. The Kier molecular flexibility index (Phi) is 5.09. The van der Waals surface area contributed by atoms with E-state index in [9.17, 15) is 0 Å². The summed E-state index contributed by atoms with van der Waals surface area (Å²) in [4.78, 5) is 9.01. The van der Waals surface area contributed by atoms with Gasteiger partial charge in [0.05, 0.1) is 7.11 Å².